The number of nitrogens with zero attached hydrogens (tertiary/aromatic N) is 1. The van der Waals surface area contributed by atoms with Crippen molar-refractivity contribution >= 4 is 27.3 Å². The van der Waals surface area contributed by atoms with Gasteiger partial charge in [0.25, 0.3) is 10.0 Å². The quantitative estimate of drug-likeness (QED) is 0.920. The molecule has 5 nitrogen and oxygen atoms in total. The molecule has 2 aromatic carbocycles. The number of carbonyl (C=O) groups excluding carboxylic acids is 1. The van der Waals surface area contributed by atoms with Crippen molar-refractivity contribution in [2.24, 2.45) is 0 Å². The maximum absolute atomic E-state index is 13.8. The second-order valence-corrected chi connectivity index (χ2v) is 7.00. The van der Waals surface area contributed by atoms with E-state index in [1.54, 1.807) is 18.2 Å². The number of amides is 1. The Bertz CT molecular complexity index is 900. The summed E-state index contributed by atoms with van der Waals surface area (Å²) in [5, 5.41) is 0. The van der Waals surface area contributed by atoms with Gasteiger partial charge in [-0.3, -0.25) is 9.52 Å². The Morgan fingerprint density at radius 3 is 2.54 bits per heavy atom. The van der Waals surface area contributed by atoms with Gasteiger partial charge in [-0.2, -0.15) is 0 Å². The first-order valence-electron chi connectivity index (χ1n) is 7.26. The van der Waals surface area contributed by atoms with Crippen LogP contribution in [-0.2, 0) is 14.8 Å². The van der Waals surface area contributed by atoms with Crippen molar-refractivity contribution in [2.45, 2.75) is 17.7 Å². The first-order chi connectivity index (χ1) is 11.4. The van der Waals surface area contributed by atoms with Crippen molar-refractivity contribution < 1.29 is 22.0 Å². The average Bonchev–Trinajstić information content (AvgIpc) is 2.96. The Labute approximate surface area is 138 Å². The van der Waals surface area contributed by atoms with E-state index in [4.69, 9.17) is 0 Å². The zero-order valence-electron chi connectivity index (χ0n) is 12.5. The maximum atomic E-state index is 13.8. The minimum atomic E-state index is -4.34. The van der Waals surface area contributed by atoms with Gasteiger partial charge in [-0.25, -0.2) is 17.2 Å². The van der Waals surface area contributed by atoms with Crippen molar-refractivity contribution in [3.63, 3.8) is 0 Å². The van der Waals surface area contributed by atoms with Crippen molar-refractivity contribution in [2.75, 3.05) is 16.2 Å². The van der Waals surface area contributed by atoms with E-state index in [0.717, 1.165) is 12.1 Å². The number of hydrogen-bond donors (Lipinski definition) is 1. The molecule has 2 aromatic rings. The molecule has 0 aliphatic carbocycles. The van der Waals surface area contributed by atoms with Crippen LogP contribution >= 0.6 is 0 Å². The van der Waals surface area contributed by atoms with Crippen LogP contribution in [0.4, 0.5) is 20.2 Å². The van der Waals surface area contributed by atoms with Crippen LogP contribution in [-0.4, -0.2) is 20.9 Å². The van der Waals surface area contributed by atoms with Crippen molar-refractivity contribution in [3.05, 3.63) is 54.1 Å². The van der Waals surface area contributed by atoms with Gasteiger partial charge in [-0.1, -0.05) is 12.1 Å². The molecule has 1 heterocycles. The lowest BCUT2D eigenvalue weighted by Gasteiger charge is -2.20. The third-order valence-corrected chi connectivity index (χ3v) is 5.08. The summed E-state index contributed by atoms with van der Waals surface area (Å²) in [6.07, 6.45) is 1.07. The monoisotopic (exact) mass is 352 g/mol. The summed E-state index contributed by atoms with van der Waals surface area (Å²) in [6.45, 7) is 0.478. The lowest BCUT2D eigenvalue weighted by molar-refractivity contribution is -0.117. The van der Waals surface area contributed by atoms with E-state index >= 15 is 0 Å². The molecule has 1 aliphatic heterocycles. The Balaban J connectivity index is 1.99. The maximum Gasteiger partial charge on any atom is 0.264 e. The first kappa shape index (κ1) is 16.4. The number of carbonyl (C=O) groups is 1. The smallest absolute Gasteiger partial charge is 0.264 e. The highest BCUT2D eigenvalue weighted by Gasteiger charge is 2.26. The average molecular weight is 352 g/mol. The predicted molar refractivity (Wildman–Crippen MR) is 85.2 cm³/mol. The Morgan fingerprint density at radius 2 is 1.83 bits per heavy atom. The van der Waals surface area contributed by atoms with Crippen LogP contribution in [0.1, 0.15) is 12.8 Å². The van der Waals surface area contributed by atoms with Gasteiger partial charge in [0.15, 0.2) is 0 Å². The van der Waals surface area contributed by atoms with E-state index in [2.05, 4.69) is 4.72 Å². The van der Waals surface area contributed by atoms with Crippen LogP contribution in [0.25, 0.3) is 0 Å². The van der Waals surface area contributed by atoms with Crippen LogP contribution in [0.3, 0.4) is 0 Å². The number of halogens is 2. The van der Waals surface area contributed by atoms with Crippen molar-refractivity contribution in [1.82, 2.24) is 0 Å². The minimum Gasteiger partial charge on any atom is -0.310 e. The number of rotatable bonds is 4. The molecule has 8 heteroatoms. The normalized spacial score (nSPS) is 14.9. The summed E-state index contributed by atoms with van der Waals surface area (Å²) in [5.41, 5.74) is 0.525. The topological polar surface area (TPSA) is 66.5 Å². The standard InChI is InChI=1S/C16H14F2N2O3S/c17-11-7-8-12(18)15(10-11)24(22,23)19-13-4-1-2-5-14(13)20-9-3-6-16(20)21/h1-2,4-5,7-8,10,19H,3,6,9H2. The first-order valence-corrected chi connectivity index (χ1v) is 8.74. The lowest BCUT2D eigenvalue weighted by atomic mass is 10.2. The molecule has 24 heavy (non-hydrogen) atoms. The summed E-state index contributed by atoms with van der Waals surface area (Å²) >= 11 is 0. The highest BCUT2D eigenvalue weighted by Crippen LogP contribution is 2.31. The lowest BCUT2D eigenvalue weighted by Crippen LogP contribution is -2.25. The molecule has 0 radical (unpaired) electrons. The SMILES string of the molecule is O=C1CCCN1c1ccccc1NS(=O)(=O)c1cc(F)ccc1F. The number of nitrogens with one attached hydrogen (secondary N) is 1. The summed E-state index contributed by atoms with van der Waals surface area (Å²) in [7, 11) is -4.34. The van der Waals surface area contributed by atoms with Crippen molar-refractivity contribution in [3.8, 4) is 0 Å². The van der Waals surface area contributed by atoms with Crippen LogP contribution < -0.4 is 9.62 Å². The molecule has 126 valence electrons. The van der Waals surface area contributed by atoms with Crippen LogP contribution in [0, 0.1) is 11.6 Å². The second-order valence-electron chi connectivity index (χ2n) is 5.35. The number of para-hydroxylation sites is 2. The fourth-order valence-corrected chi connectivity index (χ4v) is 3.75. The van der Waals surface area contributed by atoms with Crippen LogP contribution in [0.2, 0.25) is 0 Å². The molecular weight excluding hydrogens is 338 g/mol. The van der Waals surface area contributed by atoms with Gasteiger partial charge in [-0.15, -0.1) is 0 Å². The van der Waals surface area contributed by atoms with E-state index in [1.807, 2.05) is 0 Å². The molecular formula is C16H14F2N2O3S. The third-order valence-electron chi connectivity index (χ3n) is 3.70. The van der Waals surface area contributed by atoms with Gasteiger partial charge in [0.1, 0.15) is 16.5 Å². The number of benzene rings is 2. The fourth-order valence-electron chi connectivity index (χ4n) is 2.58. The molecule has 1 amide bonds. The van der Waals surface area contributed by atoms with Crippen LogP contribution in [0.15, 0.2) is 47.4 Å². The van der Waals surface area contributed by atoms with E-state index in [-0.39, 0.29) is 11.6 Å². The number of hydrogen-bond acceptors (Lipinski definition) is 3. The van der Waals surface area contributed by atoms with E-state index in [0.29, 0.717) is 31.1 Å². The Hall–Kier alpha value is -2.48. The molecule has 0 atom stereocenters. The molecule has 0 spiro atoms. The summed E-state index contributed by atoms with van der Waals surface area (Å²) in [6, 6.07) is 8.52. The summed E-state index contributed by atoms with van der Waals surface area (Å²) < 4.78 is 54.1. The third kappa shape index (κ3) is 3.09. The van der Waals surface area contributed by atoms with Gasteiger partial charge >= 0.3 is 0 Å². The highest BCUT2D eigenvalue weighted by molar-refractivity contribution is 7.92. The van der Waals surface area contributed by atoms with E-state index in [9.17, 15) is 22.0 Å². The number of anilines is 2. The molecule has 1 N–H and O–H groups in total. The zero-order chi connectivity index (χ0) is 17.3. The fraction of sp³-hybridized carbons (Fsp3) is 0.188. The van der Waals surface area contributed by atoms with Crippen LogP contribution in [0.5, 0.6) is 0 Å². The van der Waals surface area contributed by atoms with Gasteiger partial charge < -0.3 is 4.90 Å². The Kier molecular flexibility index (Phi) is 4.23. The molecule has 0 bridgehead atoms. The minimum absolute atomic E-state index is 0.112. The molecule has 1 saturated heterocycles. The number of sulfonamides is 1. The predicted octanol–water partition coefficient (Wildman–Crippen LogP) is 2.89. The zero-order valence-corrected chi connectivity index (χ0v) is 13.3. The molecule has 1 aliphatic rings. The van der Waals surface area contributed by atoms with Gasteiger partial charge in [0.05, 0.1) is 11.4 Å². The largest absolute Gasteiger partial charge is 0.310 e. The van der Waals surface area contributed by atoms with Gasteiger partial charge in [0, 0.05) is 13.0 Å². The van der Waals surface area contributed by atoms with E-state index < -0.39 is 26.6 Å². The molecule has 3 rings (SSSR count). The Morgan fingerprint density at radius 1 is 1.08 bits per heavy atom. The molecule has 0 aromatic heterocycles. The summed E-state index contributed by atoms with van der Waals surface area (Å²) in [4.78, 5) is 12.6. The van der Waals surface area contributed by atoms with E-state index in [1.165, 1.54) is 11.0 Å². The molecule has 1 fully saturated rings. The summed E-state index contributed by atoms with van der Waals surface area (Å²) in [5.74, 6) is -2.03. The van der Waals surface area contributed by atoms with Gasteiger partial charge in [0.2, 0.25) is 5.91 Å². The highest BCUT2D eigenvalue weighted by atomic mass is 32.2. The van der Waals surface area contributed by atoms with Crippen molar-refractivity contribution in [1.29, 1.82) is 0 Å². The molecule has 0 unspecified atom stereocenters. The second kappa shape index (κ2) is 6.20. The molecule has 0 saturated carbocycles. The van der Waals surface area contributed by atoms with Gasteiger partial charge in [-0.05, 0) is 36.8 Å².